The summed E-state index contributed by atoms with van der Waals surface area (Å²) >= 11 is 0. The van der Waals surface area contributed by atoms with E-state index in [-0.39, 0.29) is 30.0 Å². The van der Waals surface area contributed by atoms with E-state index in [9.17, 15) is 24.0 Å². The zero-order chi connectivity index (χ0) is 28.6. The second-order valence-corrected chi connectivity index (χ2v) is 10.7. The molecule has 40 heavy (non-hydrogen) atoms. The van der Waals surface area contributed by atoms with Gasteiger partial charge in [0.2, 0.25) is 11.8 Å². The van der Waals surface area contributed by atoms with E-state index in [2.05, 4.69) is 34.6 Å². The average molecular weight is 547 g/mol. The molecule has 1 atom stereocenters. The van der Waals surface area contributed by atoms with Gasteiger partial charge >= 0.3 is 6.03 Å². The topological polar surface area (TPSA) is 122 Å². The fourth-order valence-electron chi connectivity index (χ4n) is 5.53. The summed E-state index contributed by atoms with van der Waals surface area (Å²) in [5, 5.41) is 5.52. The second kappa shape index (κ2) is 11.1. The number of carbonyl (C=O) groups excluding carboxylic acids is 5. The van der Waals surface area contributed by atoms with Crippen molar-refractivity contribution in [3.05, 3.63) is 64.2 Å². The third-order valence-corrected chi connectivity index (χ3v) is 7.78. The molecular weight excluding hydrogens is 512 g/mol. The monoisotopic (exact) mass is 546 g/mol. The SMILES string of the molecule is Cc1cc(CNc2cccc3c2C(=O)N(C2CCC(=O)NC2=O)C3=O)ccc1CN1CCN(C(=O)N(C)C)CC1. The van der Waals surface area contributed by atoms with Crippen molar-refractivity contribution in [1.29, 1.82) is 0 Å². The molecular formula is C29H34N6O5. The lowest BCUT2D eigenvalue weighted by atomic mass is 10.0. The molecule has 5 rings (SSSR count). The number of amides is 6. The number of fused-ring (bicyclic) bond motifs is 1. The highest BCUT2D eigenvalue weighted by atomic mass is 16.2. The number of urea groups is 1. The van der Waals surface area contributed by atoms with Crippen LogP contribution in [0.15, 0.2) is 36.4 Å². The average Bonchev–Trinajstić information content (AvgIpc) is 3.19. The third kappa shape index (κ3) is 5.29. The molecule has 11 nitrogen and oxygen atoms in total. The smallest absolute Gasteiger partial charge is 0.319 e. The molecule has 0 saturated carbocycles. The number of piperidine rings is 1. The minimum Gasteiger partial charge on any atom is -0.380 e. The number of anilines is 1. The molecule has 6 amide bonds. The summed E-state index contributed by atoms with van der Waals surface area (Å²) in [7, 11) is 3.54. The highest BCUT2D eigenvalue weighted by molar-refractivity contribution is 6.25. The van der Waals surface area contributed by atoms with Crippen LogP contribution in [-0.2, 0) is 22.7 Å². The molecule has 1 unspecified atom stereocenters. The van der Waals surface area contributed by atoms with E-state index >= 15 is 0 Å². The first-order chi connectivity index (χ1) is 19.1. The number of imide groups is 2. The predicted octanol–water partition coefficient (Wildman–Crippen LogP) is 1.81. The first-order valence-corrected chi connectivity index (χ1v) is 13.5. The molecule has 3 heterocycles. The van der Waals surface area contributed by atoms with Crippen LogP contribution in [0.25, 0.3) is 0 Å². The molecule has 3 aliphatic rings. The van der Waals surface area contributed by atoms with Gasteiger partial charge in [-0.1, -0.05) is 24.3 Å². The molecule has 11 heteroatoms. The van der Waals surface area contributed by atoms with E-state index in [4.69, 9.17) is 0 Å². The molecule has 0 spiro atoms. The summed E-state index contributed by atoms with van der Waals surface area (Å²) in [5.41, 5.74) is 4.42. The number of hydrogen-bond acceptors (Lipinski definition) is 7. The van der Waals surface area contributed by atoms with E-state index in [0.717, 1.165) is 35.7 Å². The molecule has 3 aliphatic heterocycles. The standard InChI is InChI=1S/C29H34N6O5/c1-18-15-19(7-8-20(18)17-33-11-13-34(14-12-33)29(40)32(2)3)16-30-22-6-4-5-21-25(22)28(39)35(27(21)38)23-9-10-24(36)31-26(23)37/h4-8,15,23,30H,9-14,16-17H2,1-3H3,(H,31,36,37). The Balaban J connectivity index is 1.22. The molecule has 2 N–H and O–H groups in total. The first-order valence-electron chi connectivity index (χ1n) is 13.5. The quantitative estimate of drug-likeness (QED) is 0.530. The lowest BCUT2D eigenvalue weighted by Gasteiger charge is -2.36. The predicted molar refractivity (Wildman–Crippen MR) is 148 cm³/mol. The zero-order valence-corrected chi connectivity index (χ0v) is 23.0. The van der Waals surface area contributed by atoms with Crippen LogP contribution in [0.3, 0.4) is 0 Å². The van der Waals surface area contributed by atoms with Gasteiger partial charge in [0.05, 0.1) is 11.1 Å². The van der Waals surface area contributed by atoms with E-state index in [0.29, 0.717) is 25.3 Å². The van der Waals surface area contributed by atoms with Crippen molar-refractivity contribution < 1.29 is 24.0 Å². The van der Waals surface area contributed by atoms with Gasteiger partial charge in [-0.25, -0.2) is 4.79 Å². The first kappa shape index (κ1) is 27.3. The highest BCUT2D eigenvalue weighted by Crippen LogP contribution is 2.32. The normalized spacial score (nSPS) is 19.5. The highest BCUT2D eigenvalue weighted by Gasteiger charge is 2.45. The molecule has 0 bridgehead atoms. The van der Waals surface area contributed by atoms with Gasteiger partial charge in [0, 0.05) is 65.5 Å². The van der Waals surface area contributed by atoms with Gasteiger partial charge in [-0.05, 0) is 42.2 Å². The van der Waals surface area contributed by atoms with Crippen molar-refractivity contribution in [2.24, 2.45) is 0 Å². The van der Waals surface area contributed by atoms with Crippen LogP contribution in [0.2, 0.25) is 0 Å². The Hall–Kier alpha value is -4.25. The molecule has 2 aromatic rings. The Kier molecular flexibility index (Phi) is 7.57. The van der Waals surface area contributed by atoms with Crippen LogP contribution in [-0.4, -0.2) is 95.6 Å². The lowest BCUT2D eigenvalue weighted by Crippen LogP contribution is -2.54. The molecule has 2 saturated heterocycles. The number of nitrogens with zero attached hydrogens (tertiary/aromatic N) is 4. The minimum atomic E-state index is -0.996. The fourth-order valence-corrected chi connectivity index (χ4v) is 5.53. The number of hydrogen-bond donors (Lipinski definition) is 2. The van der Waals surface area contributed by atoms with Gasteiger partial charge in [0.15, 0.2) is 0 Å². The van der Waals surface area contributed by atoms with E-state index in [1.165, 1.54) is 5.56 Å². The van der Waals surface area contributed by atoms with E-state index < -0.39 is 29.7 Å². The van der Waals surface area contributed by atoms with Gasteiger partial charge in [-0.3, -0.25) is 34.3 Å². The van der Waals surface area contributed by atoms with Crippen molar-refractivity contribution in [3.8, 4) is 0 Å². The number of piperazine rings is 1. The van der Waals surface area contributed by atoms with Crippen molar-refractivity contribution in [2.45, 2.75) is 38.9 Å². The number of carbonyl (C=O) groups is 5. The largest absolute Gasteiger partial charge is 0.380 e. The number of nitrogens with one attached hydrogen (secondary N) is 2. The Morgan fingerprint density at radius 3 is 2.45 bits per heavy atom. The van der Waals surface area contributed by atoms with Crippen LogP contribution >= 0.6 is 0 Å². The van der Waals surface area contributed by atoms with Gasteiger partial charge in [-0.2, -0.15) is 0 Å². The molecule has 0 aromatic heterocycles. The third-order valence-electron chi connectivity index (χ3n) is 7.78. The van der Waals surface area contributed by atoms with Crippen molar-refractivity contribution >= 4 is 35.3 Å². The fraction of sp³-hybridized carbons (Fsp3) is 0.414. The number of rotatable bonds is 6. The summed E-state index contributed by atoms with van der Waals surface area (Å²) in [5.74, 6) is -2.08. The van der Waals surface area contributed by atoms with Crippen molar-refractivity contribution in [3.63, 3.8) is 0 Å². The van der Waals surface area contributed by atoms with Crippen LogP contribution in [0, 0.1) is 6.92 Å². The molecule has 2 aromatic carbocycles. The summed E-state index contributed by atoms with van der Waals surface area (Å²) < 4.78 is 0. The Labute approximate surface area is 233 Å². The molecule has 210 valence electrons. The number of aryl methyl sites for hydroxylation is 1. The van der Waals surface area contributed by atoms with Gasteiger partial charge in [0.1, 0.15) is 6.04 Å². The zero-order valence-electron chi connectivity index (χ0n) is 23.0. The Morgan fingerprint density at radius 2 is 1.77 bits per heavy atom. The maximum Gasteiger partial charge on any atom is 0.319 e. The summed E-state index contributed by atoms with van der Waals surface area (Å²) in [6.45, 7) is 6.40. The van der Waals surface area contributed by atoms with Gasteiger partial charge in [0.25, 0.3) is 11.8 Å². The molecule has 0 radical (unpaired) electrons. The van der Waals surface area contributed by atoms with Gasteiger partial charge < -0.3 is 15.1 Å². The van der Waals surface area contributed by atoms with Crippen LogP contribution in [0.1, 0.15) is 50.2 Å². The second-order valence-electron chi connectivity index (χ2n) is 10.7. The van der Waals surface area contributed by atoms with Crippen LogP contribution in [0.4, 0.5) is 10.5 Å². The summed E-state index contributed by atoms with van der Waals surface area (Å²) in [4.78, 5) is 69.3. The lowest BCUT2D eigenvalue weighted by molar-refractivity contribution is -0.136. The summed E-state index contributed by atoms with van der Waals surface area (Å²) in [6.07, 6.45) is 0.199. The minimum absolute atomic E-state index is 0.0477. The van der Waals surface area contributed by atoms with Crippen LogP contribution < -0.4 is 10.6 Å². The van der Waals surface area contributed by atoms with Crippen molar-refractivity contribution in [2.75, 3.05) is 45.6 Å². The molecule has 0 aliphatic carbocycles. The molecule has 2 fully saturated rings. The Morgan fingerprint density at radius 1 is 1.02 bits per heavy atom. The Bertz CT molecular complexity index is 1380. The number of benzene rings is 2. The van der Waals surface area contributed by atoms with Crippen molar-refractivity contribution in [1.82, 2.24) is 24.9 Å². The van der Waals surface area contributed by atoms with E-state index in [1.807, 2.05) is 11.0 Å². The van der Waals surface area contributed by atoms with Crippen LogP contribution in [0.5, 0.6) is 0 Å². The summed E-state index contributed by atoms with van der Waals surface area (Å²) in [6, 6.07) is 10.4. The van der Waals surface area contributed by atoms with Gasteiger partial charge in [-0.15, -0.1) is 0 Å². The van der Waals surface area contributed by atoms with E-state index in [1.54, 1.807) is 37.2 Å². The maximum absolute atomic E-state index is 13.3. The maximum atomic E-state index is 13.3.